The molecule has 10 nitrogen and oxygen atoms in total. The summed E-state index contributed by atoms with van der Waals surface area (Å²) in [4.78, 5) is 48.6. The van der Waals surface area contributed by atoms with Crippen molar-refractivity contribution in [3.8, 4) is 0 Å². The van der Waals surface area contributed by atoms with Crippen molar-refractivity contribution in [2.45, 2.75) is 43.8 Å². The first kappa shape index (κ1) is 26.4. The summed E-state index contributed by atoms with van der Waals surface area (Å²) in [7, 11) is 0. The van der Waals surface area contributed by atoms with Crippen molar-refractivity contribution in [3.05, 3.63) is 35.9 Å². The maximum atomic E-state index is 12.9. The number of hydrogen-bond acceptors (Lipinski definition) is 7. The standard InChI is InChI=1S/C20H31N5O5S/c21-9-5-4-8-14(18(27)25-16(12-31)20(29)30)24-19(28)15(23-17(26)11-22)10-13-6-2-1-3-7-13/h1-3,6-7,14-16,31H,4-5,8-12,21-22H2,(H,23,26)(H,24,28)(H,25,27)(H,29,30). The molecule has 0 saturated carbocycles. The topological polar surface area (TPSA) is 177 Å². The Hall–Kier alpha value is -2.63. The van der Waals surface area contributed by atoms with Gasteiger partial charge >= 0.3 is 5.97 Å². The molecule has 0 aromatic heterocycles. The van der Waals surface area contributed by atoms with Gasteiger partial charge in [-0.05, 0) is 31.4 Å². The second kappa shape index (κ2) is 14.4. The Kier molecular flexibility index (Phi) is 12.3. The first-order valence-electron chi connectivity index (χ1n) is 10.00. The van der Waals surface area contributed by atoms with Gasteiger partial charge in [0.25, 0.3) is 0 Å². The lowest BCUT2D eigenvalue weighted by Crippen LogP contribution is -2.57. The average molecular weight is 454 g/mol. The molecule has 3 atom stereocenters. The number of rotatable bonds is 14. The van der Waals surface area contributed by atoms with Crippen LogP contribution < -0.4 is 27.4 Å². The normalized spacial score (nSPS) is 13.5. The quantitative estimate of drug-likeness (QED) is 0.136. The van der Waals surface area contributed by atoms with Gasteiger partial charge in [0.2, 0.25) is 17.7 Å². The van der Waals surface area contributed by atoms with Gasteiger partial charge in [0, 0.05) is 12.2 Å². The number of amides is 3. The van der Waals surface area contributed by atoms with Crippen LogP contribution in [0.2, 0.25) is 0 Å². The van der Waals surface area contributed by atoms with E-state index in [0.717, 1.165) is 5.56 Å². The number of carbonyl (C=O) groups excluding carboxylic acids is 3. The molecule has 0 bridgehead atoms. The Morgan fingerprint density at radius 2 is 1.52 bits per heavy atom. The predicted octanol–water partition coefficient (Wildman–Crippen LogP) is -1.21. The molecule has 0 aliphatic heterocycles. The Bertz CT molecular complexity index is 734. The molecule has 0 aliphatic carbocycles. The summed E-state index contributed by atoms with van der Waals surface area (Å²) < 4.78 is 0. The van der Waals surface area contributed by atoms with Crippen LogP contribution in [-0.4, -0.2) is 65.8 Å². The molecule has 3 amide bonds. The van der Waals surface area contributed by atoms with E-state index in [1.54, 1.807) is 0 Å². The molecule has 0 radical (unpaired) electrons. The van der Waals surface area contributed by atoms with Crippen LogP contribution in [-0.2, 0) is 25.6 Å². The van der Waals surface area contributed by atoms with Gasteiger partial charge in [-0.25, -0.2) is 4.79 Å². The number of benzene rings is 1. The lowest BCUT2D eigenvalue weighted by atomic mass is 10.0. The molecule has 0 saturated heterocycles. The van der Waals surface area contributed by atoms with Gasteiger partial charge in [-0.1, -0.05) is 30.3 Å². The zero-order valence-corrected chi connectivity index (χ0v) is 18.1. The van der Waals surface area contributed by atoms with Gasteiger partial charge in [0.05, 0.1) is 6.54 Å². The molecule has 1 aromatic carbocycles. The predicted molar refractivity (Wildman–Crippen MR) is 119 cm³/mol. The van der Waals surface area contributed by atoms with Crippen molar-refractivity contribution in [2.24, 2.45) is 11.5 Å². The maximum Gasteiger partial charge on any atom is 0.327 e. The highest BCUT2D eigenvalue weighted by atomic mass is 32.1. The van der Waals surface area contributed by atoms with Crippen molar-refractivity contribution in [1.82, 2.24) is 16.0 Å². The lowest BCUT2D eigenvalue weighted by Gasteiger charge is -2.24. The van der Waals surface area contributed by atoms with Crippen LogP contribution in [0.5, 0.6) is 0 Å². The van der Waals surface area contributed by atoms with Crippen LogP contribution in [0.15, 0.2) is 30.3 Å². The number of nitrogens with one attached hydrogen (secondary N) is 3. The highest BCUT2D eigenvalue weighted by Gasteiger charge is 2.29. The number of aliphatic carboxylic acids is 1. The van der Waals surface area contributed by atoms with E-state index in [2.05, 4.69) is 28.6 Å². The second-order valence-corrected chi connectivity index (χ2v) is 7.31. The number of hydrogen-bond donors (Lipinski definition) is 7. The lowest BCUT2D eigenvalue weighted by molar-refractivity contribution is -0.141. The molecule has 0 aliphatic rings. The van der Waals surface area contributed by atoms with Crippen molar-refractivity contribution in [1.29, 1.82) is 0 Å². The molecule has 3 unspecified atom stereocenters. The largest absolute Gasteiger partial charge is 0.480 e. The smallest absolute Gasteiger partial charge is 0.327 e. The summed E-state index contributed by atoms with van der Waals surface area (Å²) in [5, 5.41) is 16.7. The Morgan fingerprint density at radius 3 is 2.06 bits per heavy atom. The van der Waals surface area contributed by atoms with Gasteiger partial charge in [-0.3, -0.25) is 14.4 Å². The van der Waals surface area contributed by atoms with E-state index >= 15 is 0 Å². The summed E-state index contributed by atoms with van der Waals surface area (Å²) in [6.45, 7) is 0.126. The number of nitrogens with two attached hydrogens (primary N) is 2. The van der Waals surface area contributed by atoms with E-state index in [9.17, 15) is 19.2 Å². The molecule has 0 fully saturated rings. The minimum absolute atomic E-state index is 0.103. The molecule has 31 heavy (non-hydrogen) atoms. The van der Waals surface area contributed by atoms with Crippen LogP contribution in [0.4, 0.5) is 0 Å². The van der Waals surface area contributed by atoms with Gasteiger partial charge in [0.1, 0.15) is 18.1 Å². The maximum absolute atomic E-state index is 12.9. The van der Waals surface area contributed by atoms with Crippen molar-refractivity contribution < 1.29 is 24.3 Å². The Balaban J connectivity index is 2.96. The van der Waals surface area contributed by atoms with E-state index in [0.29, 0.717) is 19.4 Å². The average Bonchev–Trinajstić information content (AvgIpc) is 2.76. The van der Waals surface area contributed by atoms with E-state index < -0.39 is 41.8 Å². The Labute approximate surface area is 186 Å². The van der Waals surface area contributed by atoms with E-state index in [1.807, 2.05) is 30.3 Å². The SMILES string of the molecule is NCCCCC(NC(=O)C(Cc1ccccc1)NC(=O)CN)C(=O)NC(CS)C(=O)O. The summed E-state index contributed by atoms with van der Waals surface area (Å²) >= 11 is 3.93. The van der Waals surface area contributed by atoms with Crippen molar-refractivity contribution in [2.75, 3.05) is 18.8 Å². The fraction of sp³-hybridized carbons (Fsp3) is 0.500. The third kappa shape index (κ3) is 9.81. The zero-order valence-electron chi connectivity index (χ0n) is 17.3. The zero-order chi connectivity index (χ0) is 23.2. The third-order valence-corrected chi connectivity index (χ3v) is 4.86. The van der Waals surface area contributed by atoms with Gasteiger partial charge in [-0.2, -0.15) is 12.6 Å². The summed E-state index contributed by atoms with van der Waals surface area (Å²) in [5.74, 6) is -3.06. The Morgan fingerprint density at radius 1 is 0.903 bits per heavy atom. The molecule has 1 aromatic rings. The molecule has 0 spiro atoms. The summed E-state index contributed by atoms with van der Waals surface area (Å²) in [5.41, 5.74) is 11.7. The van der Waals surface area contributed by atoms with Crippen LogP contribution >= 0.6 is 12.6 Å². The van der Waals surface area contributed by atoms with Crippen molar-refractivity contribution in [3.63, 3.8) is 0 Å². The molecular formula is C20H31N5O5S. The van der Waals surface area contributed by atoms with E-state index in [1.165, 1.54) is 0 Å². The second-order valence-electron chi connectivity index (χ2n) is 6.94. The minimum Gasteiger partial charge on any atom is -0.480 e. The van der Waals surface area contributed by atoms with Gasteiger partial charge in [0.15, 0.2) is 0 Å². The molecule has 1 rings (SSSR count). The number of thiol groups is 1. The summed E-state index contributed by atoms with van der Waals surface area (Å²) in [6.07, 6.45) is 1.64. The number of carboxylic acids is 1. The van der Waals surface area contributed by atoms with Crippen LogP contribution in [0.25, 0.3) is 0 Å². The van der Waals surface area contributed by atoms with E-state index in [-0.39, 0.29) is 25.1 Å². The van der Waals surface area contributed by atoms with Crippen molar-refractivity contribution >= 4 is 36.3 Å². The summed E-state index contributed by atoms with van der Waals surface area (Å²) in [6, 6.07) is 5.92. The fourth-order valence-corrected chi connectivity index (χ4v) is 3.05. The van der Waals surface area contributed by atoms with Crippen LogP contribution in [0.1, 0.15) is 24.8 Å². The number of unbranched alkanes of at least 4 members (excludes halogenated alkanes) is 1. The molecule has 8 N–H and O–H groups in total. The fourth-order valence-electron chi connectivity index (χ4n) is 2.80. The highest BCUT2D eigenvalue weighted by Crippen LogP contribution is 2.07. The minimum atomic E-state index is -1.23. The molecule has 11 heteroatoms. The van der Waals surface area contributed by atoms with E-state index in [4.69, 9.17) is 16.6 Å². The molecule has 172 valence electrons. The first-order valence-corrected chi connectivity index (χ1v) is 10.6. The van der Waals surface area contributed by atoms with Crippen LogP contribution in [0.3, 0.4) is 0 Å². The molecular weight excluding hydrogens is 422 g/mol. The van der Waals surface area contributed by atoms with Gasteiger partial charge < -0.3 is 32.5 Å². The van der Waals surface area contributed by atoms with Gasteiger partial charge in [-0.15, -0.1) is 0 Å². The molecule has 0 heterocycles. The monoisotopic (exact) mass is 453 g/mol. The number of carboxylic acid groups (broad SMARTS) is 1. The van der Waals surface area contributed by atoms with Crippen LogP contribution in [0, 0.1) is 0 Å². The highest BCUT2D eigenvalue weighted by molar-refractivity contribution is 7.80. The third-order valence-electron chi connectivity index (χ3n) is 4.50. The first-order chi connectivity index (χ1) is 14.8. The number of carbonyl (C=O) groups is 4.